The van der Waals surface area contributed by atoms with Gasteiger partial charge in [-0.1, -0.05) is 0 Å². The number of aromatic nitrogens is 2. The summed E-state index contributed by atoms with van der Waals surface area (Å²) in [6.45, 7) is 2.06. The van der Waals surface area contributed by atoms with Crippen molar-refractivity contribution in [3.05, 3.63) is 56.4 Å². The second-order valence-corrected chi connectivity index (χ2v) is 7.43. The van der Waals surface area contributed by atoms with Crippen LogP contribution in [-0.4, -0.2) is 63.3 Å². The molecule has 1 aliphatic heterocycles. The minimum absolute atomic E-state index is 0.0105. The number of rotatable bonds is 6. The van der Waals surface area contributed by atoms with E-state index in [0.29, 0.717) is 5.56 Å². The van der Waals surface area contributed by atoms with E-state index in [9.17, 15) is 29.4 Å². The molecule has 4 atom stereocenters. The predicted octanol–water partition coefficient (Wildman–Crippen LogP) is -0.383. The average Bonchev–Trinajstić information content (AvgIpc) is 3.07. The van der Waals surface area contributed by atoms with Crippen molar-refractivity contribution in [2.75, 3.05) is 13.7 Å². The number of benzene rings is 1. The molecule has 2 heterocycles. The van der Waals surface area contributed by atoms with Gasteiger partial charge < -0.3 is 29.2 Å². The van der Waals surface area contributed by atoms with Gasteiger partial charge in [0.15, 0.2) is 18.4 Å². The molecule has 12 nitrogen and oxygen atoms in total. The Balaban J connectivity index is 2.02. The maximum atomic E-state index is 13.0. The topological polar surface area (TPSA) is 156 Å². The predicted molar refractivity (Wildman–Crippen MR) is 111 cm³/mol. The molecule has 1 unspecified atom stereocenters. The summed E-state index contributed by atoms with van der Waals surface area (Å²) < 4.78 is 23.6. The van der Waals surface area contributed by atoms with Crippen molar-refractivity contribution in [3.63, 3.8) is 0 Å². The van der Waals surface area contributed by atoms with Gasteiger partial charge in [0.1, 0.15) is 23.2 Å². The average molecular weight is 464 g/mol. The lowest BCUT2D eigenvalue weighted by Crippen LogP contribution is -2.44. The summed E-state index contributed by atoms with van der Waals surface area (Å²) in [5.74, 6) is -1.71. The first kappa shape index (κ1) is 24.0. The lowest BCUT2D eigenvalue weighted by molar-refractivity contribution is -0.156. The van der Waals surface area contributed by atoms with E-state index >= 15 is 0 Å². The number of hydrogen-bond acceptors (Lipinski definition) is 10. The number of esters is 2. The number of methoxy groups -OCH3 is 1. The van der Waals surface area contributed by atoms with E-state index < -0.39 is 54.3 Å². The highest BCUT2D eigenvalue weighted by Crippen LogP contribution is 2.35. The molecule has 33 heavy (non-hydrogen) atoms. The Kier molecular flexibility index (Phi) is 6.89. The molecule has 2 aromatic rings. The second kappa shape index (κ2) is 9.46. The number of phenols is 1. The van der Waals surface area contributed by atoms with E-state index in [1.807, 2.05) is 0 Å². The highest BCUT2D eigenvalue weighted by atomic mass is 16.6. The number of nitrogens with zero attached hydrogens (tertiary/aromatic N) is 2. The number of phenolic OH excluding ortho intramolecular Hbond substituents is 1. The minimum Gasteiger partial charge on any atom is -0.508 e. The number of aromatic hydroxyl groups is 1. The molecule has 1 fully saturated rings. The Morgan fingerprint density at radius 2 is 1.88 bits per heavy atom. The first-order valence-electron chi connectivity index (χ1n) is 9.89. The van der Waals surface area contributed by atoms with Gasteiger partial charge in [-0.25, -0.2) is 9.59 Å². The Morgan fingerprint density at radius 1 is 1.18 bits per heavy atom. The smallest absolute Gasteiger partial charge is 0.342 e. The first-order valence-corrected chi connectivity index (χ1v) is 9.89. The van der Waals surface area contributed by atoms with Crippen LogP contribution in [0.15, 0.2) is 34.0 Å². The molecule has 12 heteroatoms. The van der Waals surface area contributed by atoms with Gasteiger partial charge in [-0.2, -0.15) is 0 Å². The van der Waals surface area contributed by atoms with Gasteiger partial charge in [0, 0.05) is 32.3 Å². The molecule has 0 spiro atoms. The summed E-state index contributed by atoms with van der Waals surface area (Å²) in [5, 5.41) is 19.6. The summed E-state index contributed by atoms with van der Waals surface area (Å²) >= 11 is 0. The van der Waals surface area contributed by atoms with E-state index in [2.05, 4.69) is 0 Å². The SMILES string of the molecule is COc1cc(O)cc(C)c1C(=O)O[C@@H]1[C@@H](CO)OC(n2ccc(=O)n(C)c2=O)[C@@H]1OC(C)=O. The van der Waals surface area contributed by atoms with Crippen molar-refractivity contribution >= 4 is 11.9 Å². The zero-order valence-electron chi connectivity index (χ0n) is 18.4. The number of hydrogen-bond donors (Lipinski definition) is 2. The van der Waals surface area contributed by atoms with Gasteiger partial charge in [-0.15, -0.1) is 0 Å². The standard InChI is InChI=1S/C21H24N2O10/c1-10-7-12(26)8-13(30-4)16(10)20(28)33-17-14(9-24)32-19(18(17)31-11(2)25)23-6-5-15(27)22(3)21(23)29/h5-8,14,17-19,24,26H,9H2,1-4H3/t14-,17-,18-,19?/m1/s1. The summed E-state index contributed by atoms with van der Waals surface area (Å²) in [6.07, 6.45) is -3.90. The Morgan fingerprint density at radius 3 is 2.48 bits per heavy atom. The van der Waals surface area contributed by atoms with Crippen LogP contribution >= 0.6 is 0 Å². The first-order chi connectivity index (χ1) is 15.6. The third kappa shape index (κ3) is 4.61. The lowest BCUT2D eigenvalue weighted by atomic mass is 10.1. The highest BCUT2D eigenvalue weighted by molar-refractivity contribution is 5.94. The van der Waals surface area contributed by atoms with E-state index in [1.165, 1.54) is 26.3 Å². The quantitative estimate of drug-likeness (QED) is 0.540. The number of aryl methyl sites for hydroxylation is 1. The molecule has 0 radical (unpaired) electrons. The van der Waals surface area contributed by atoms with Crippen LogP contribution in [0.5, 0.6) is 11.5 Å². The molecule has 1 aromatic heterocycles. The van der Waals surface area contributed by atoms with Crippen molar-refractivity contribution in [1.82, 2.24) is 9.13 Å². The Bertz CT molecular complexity index is 1180. The van der Waals surface area contributed by atoms with E-state index in [1.54, 1.807) is 6.92 Å². The van der Waals surface area contributed by atoms with Crippen molar-refractivity contribution < 1.29 is 38.7 Å². The van der Waals surface area contributed by atoms with E-state index in [4.69, 9.17) is 18.9 Å². The van der Waals surface area contributed by atoms with Gasteiger partial charge in [-0.3, -0.25) is 18.7 Å². The van der Waals surface area contributed by atoms with Gasteiger partial charge in [0.05, 0.1) is 13.7 Å². The van der Waals surface area contributed by atoms with Crippen molar-refractivity contribution in [3.8, 4) is 11.5 Å². The third-order valence-electron chi connectivity index (χ3n) is 5.21. The van der Waals surface area contributed by atoms with Crippen LogP contribution in [0, 0.1) is 6.92 Å². The molecule has 1 aliphatic rings. The molecule has 0 saturated carbocycles. The van der Waals surface area contributed by atoms with Crippen molar-refractivity contribution in [1.29, 1.82) is 0 Å². The largest absolute Gasteiger partial charge is 0.508 e. The fraction of sp³-hybridized carbons (Fsp3) is 0.429. The fourth-order valence-electron chi connectivity index (χ4n) is 3.66. The normalized spacial score (nSPS) is 22.1. The molecular weight excluding hydrogens is 440 g/mol. The Labute approximate surface area is 187 Å². The molecule has 3 rings (SSSR count). The van der Waals surface area contributed by atoms with Crippen LogP contribution in [0.3, 0.4) is 0 Å². The van der Waals surface area contributed by atoms with Crippen LogP contribution in [0.25, 0.3) is 0 Å². The van der Waals surface area contributed by atoms with E-state index in [0.717, 1.165) is 28.3 Å². The minimum atomic E-state index is -1.32. The molecular formula is C21H24N2O10. The maximum Gasteiger partial charge on any atom is 0.342 e. The number of carbonyl (C=O) groups is 2. The van der Waals surface area contributed by atoms with Crippen LogP contribution in [-0.2, 0) is 26.1 Å². The number of aliphatic hydroxyl groups excluding tert-OH is 1. The second-order valence-electron chi connectivity index (χ2n) is 7.43. The molecule has 178 valence electrons. The maximum absolute atomic E-state index is 13.0. The van der Waals surface area contributed by atoms with Gasteiger partial charge in [0.2, 0.25) is 0 Å². The van der Waals surface area contributed by atoms with Gasteiger partial charge in [0.25, 0.3) is 5.56 Å². The van der Waals surface area contributed by atoms with Crippen LogP contribution < -0.4 is 16.0 Å². The Hall–Kier alpha value is -3.64. The van der Waals surface area contributed by atoms with Gasteiger partial charge in [-0.05, 0) is 18.6 Å². The van der Waals surface area contributed by atoms with Crippen LogP contribution in [0.2, 0.25) is 0 Å². The highest BCUT2D eigenvalue weighted by Gasteiger charge is 2.50. The lowest BCUT2D eigenvalue weighted by Gasteiger charge is -2.25. The molecule has 1 saturated heterocycles. The van der Waals surface area contributed by atoms with Crippen molar-refractivity contribution in [2.45, 2.75) is 38.4 Å². The number of ether oxygens (including phenoxy) is 4. The summed E-state index contributed by atoms with van der Waals surface area (Å²) in [4.78, 5) is 49.2. The monoisotopic (exact) mass is 464 g/mol. The summed E-state index contributed by atoms with van der Waals surface area (Å²) in [6, 6.07) is 3.69. The van der Waals surface area contributed by atoms with Crippen LogP contribution in [0.1, 0.15) is 29.1 Å². The summed E-state index contributed by atoms with van der Waals surface area (Å²) in [5.41, 5.74) is -0.957. The van der Waals surface area contributed by atoms with E-state index in [-0.39, 0.29) is 17.1 Å². The fourth-order valence-corrected chi connectivity index (χ4v) is 3.66. The third-order valence-corrected chi connectivity index (χ3v) is 5.21. The van der Waals surface area contributed by atoms with Crippen LogP contribution in [0.4, 0.5) is 0 Å². The molecule has 2 N–H and O–H groups in total. The zero-order chi connectivity index (χ0) is 24.4. The van der Waals surface area contributed by atoms with Crippen molar-refractivity contribution in [2.24, 2.45) is 7.05 Å². The summed E-state index contributed by atoms with van der Waals surface area (Å²) in [7, 11) is 2.57. The zero-order valence-corrected chi connectivity index (χ0v) is 18.4. The number of aliphatic hydroxyl groups is 1. The molecule has 0 bridgehead atoms. The molecule has 0 amide bonds. The number of carbonyl (C=O) groups excluding carboxylic acids is 2. The molecule has 1 aromatic carbocycles. The van der Waals surface area contributed by atoms with Gasteiger partial charge >= 0.3 is 17.6 Å². The molecule has 0 aliphatic carbocycles.